The minimum atomic E-state index is 0.339. The van der Waals surface area contributed by atoms with Gasteiger partial charge in [0.2, 0.25) is 5.13 Å². The predicted molar refractivity (Wildman–Crippen MR) is 65.2 cm³/mol. The smallest absolute Gasteiger partial charge is 0.205 e. The molecule has 0 unspecified atom stereocenters. The monoisotopic (exact) mass is 231 g/mol. The van der Waals surface area contributed by atoms with Crippen LogP contribution >= 0.6 is 23.1 Å². The summed E-state index contributed by atoms with van der Waals surface area (Å²) in [6.45, 7) is 5.44. The van der Waals surface area contributed by atoms with Gasteiger partial charge in [-0.1, -0.05) is 25.2 Å². The molecule has 5 heteroatoms. The van der Waals surface area contributed by atoms with Crippen LogP contribution in [0, 0.1) is 0 Å². The van der Waals surface area contributed by atoms with E-state index in [0.717, 1.165) is 11.7 Å². The van der Waals surface area contributed by atoms with Crippen molar-refractivity contribution in [2.75, 3.05) is 18.1 Å². The number of aromatic nitrogens is 2. The first-order chi connectivity index (χ1) is 6.76. The van der Waals surface area contributed by atoms with Gasteiger partial charge in [-0.25, -0.2) is 0 Å². The molecule has 0 spiro atoms. The van der Waals surface area contributed by atoms with E-state index < -0.39 is 0 Å². The van der Waals surface area contributed by atoms with Crippen LogP contribution in [0.2, 0.25) is 0 Å². The fourth-order valence-electron chi connectivity index (χ4n) is 1.35. The Hall–Kier alpha value is -0.290. The number of thioether (sulfide) groups is 1. The highest BCUT2D eigenvalue weighted by atomic mass is 32.2. The fraction of sp³-hybridized carbons (Fsp3) is 0.778. The van der Waals surface area contributed by atoms with E-state index in [9.17, 15) is 0 Å². The minimum absolute atomic E-state index is 0.339. The van der Waals surface area contributed by atoms with E-state index in [1.807, 2.05) is 11.8 Å². The number of hydrogen-bond donors (Lipinski definition) is 1. The maximum Gasteiger partial charge on any atom is 0.205 e. The third-order valence-corrected chi connectivity index (χ3v) is 4.88. The van der Waals surface area contributed by atoms with Gasteiger partial charge in [-0.2, -0.15) is 11.8 Å². The quantitative estimate of drug-likeness (QED) is 0.817. The average molecular weight is 231 g/mol. The third-order valence-electron chi connectivity index (χ3n) is 2.64. The molecule has 0 bridgehead atoms. The Balaban J connectivity index is 2.48. The van der Waals surface area contributed by atoms with Gasteiger partial charge in [0.25, 0.3) is 0 Å². The summed E-state index contributed by atoms with van der Waals surface area (Å²) < 4.78 is 0.339. The minimum Gasteiger partial charge on any atom is -0.359 e. The van der Waals surface area contributed by atoms with Gasteiger partial charge in [0.1, 0.15) is 5.51 Å². The molecule has 0 aliphatic rings. The molecule has 1 aromatic heterocycles. The molecule has 0 aromatic carbocycles. The zero-order valence-electron chi connectivity index (χ0n) is 8.91. The van der Waals surface area contributed by atoms with E-state index in [4.69, 9.17) is 0 Å². The Kier molecular flexibility index (Phi) is 4.68. The standard InChI is InChI=1S/C9H17N3S2/c1-4-9(5-2,13-3)6-10-8-12-11-7-14-8/h7H,4-6H2,1-3H3,(H,10,12). The summed E-state index contributed by atoms with van der Waals surface area (Å²) in [6, 6.07) is 0. The molecule has 0 aliphatic carbocycles. The van der Waals surface area contributed by atoms with E-state index in [0.29, 0.717) is 4.75 Å². The van der Waals surface area contributed by atoms with E-state index in [1.165, 1.54) is 12.8 Å². The van der Waals surface area contributed by atoms with Gasteiger partial charge < -0.3 is 5.32 Å². The first-order valence-electron chi connectivity index (χ1n) is 4.81. The van der Waals surface area contributed by atoms with Gasteiger partial charge in [-0.3, -0.25) is 0 Å². The van der Waals surface area contributed by atoms with Crippen molar-refractivity contribution >= 4 is 28.2 Å². The molecule has 1 heterocycles. The Bertz CT molecular complexity index is 236. The van der Waals surface area contributed by atoms with Crippen LogP contribution in [0.15, 0.2) is 5.51 Å². The molecular weight excluding hydrogens is 214 g/mol. The van der Waals surface area contributed by atoms with Crippen molar-refractivity contribution in [2.45, 2.75) is 31.4 Å². The van der Waals surface area contributed by atoms with Crippen LogP contribution in [0.4, 0.5) is 5.13 Å². The fourth-order valence-corrected chi connectivity index (χ4v) is 2.59. The van der Waals surface area contributed by atoms with E-state index in [-0.39, 0.29) is 0 Å². The van der Waals surface area contributed by atoms with Gasteiger partial charge in [0, 0.05) is 11.3 Å². The summed E-state index contributed by atoms with van der Waals surface area (Å²) in [7, 11) is 0. The second-order valence-electron chi connectivity index (χ2n) is 3.19. The maximum atomic E-state index is 3.97. The zero-order valence-corrected chi connectivity index (χ0v) is 10.5. The molecule has 0 atom stereocenters. The third kappa shape index (κ3) is 2.85. The van der Waals surface area contributed by atoms with Crippen LogP contribution in [-0.2, 0) is 0 Å². The van der Waals surface area contributed by atoms with Crippen LogP contribution < -0.4 is 5.32 Å². The van der Waals surface area contributed by atoms with Gasteiger partial charge in [-0.05, 0) is 19.1 Å². The van der Waals surface area contributed by atoms with Crippen molar-refractivity contribution in [2.24, 2.45) is 0 Å². The number of nitrogens with zero attached hydrogens (tertiary/aromatic N) is 2. The van der Waals surface area contributed by atoms with Crippen LogP contribution in [0.3, 0.4) is 0 Å². The number of nitrogens with one attached hydrogen (secondary N) is 1. The molecule has 1 rings (SSSR count). The number of anilines is 1. The van der Waals surface area contributed by atoms with Crippen molar-refractivity contribution < 1.29 is 0 Å². The van der Waals surface area contributed by atoms with Crippen molar-refractivity contribution in [1.82, 2.24) is 10.2 Å². The molecule has 3 nitrogen and oxygen atoms in total. The first-order valence-corrected chi connectivity index (χ1v) is 6.92. The Labute approximate surface area is 93.7 Å². The largest absolute Gasteiger partial charge is 0.359 e. The van der Waals surface area contributed by atoms with Crippen LogP contribution in [0.25, 0.3) is 0 Å². The maximum absolute atomic E-state index is 3.97. The van der Waals surface area contributed by atoms with E-state index in [2.05, 4.69) is 35.6 Å². The SMILES string of the molecule is CCC(CC)(CNc1nncs1)SC. The molecule has 0 amide bonds. The van der Waals surface area contributed by atoms with Crippen molar-refractivity contribution in [1.29, 1.82) is 0 Å². The normalized spacial score (nSPS) is 11.6. The summed E-state index contributed by atoms with van der Waals surface area (Å²) >= 11 is 3.49. The van der Waals surface area contributed by atoms with E-state index in [1.54, 1.807) is 16.8 Å². The summed E-state index contributed by atoms with van der Waals surface area (Å²) in [4.78, 5) is 0. The molecule has 0 saturated carbocycles. The Morgan fingerprint density at radius 3 is 2.64 bits per heavy atom. The molecular formula is C9H17N3S2. The van der Waals surface area contributed by atoms with Gasteiger partial charge >= 0.3 is 0 Å². The molecule has 14 heavy (non-hydrogen) atoms. The highest BCUT2D eigenvalue weighted by Crippen LogP contribution is 2.30. The number of hydrogen-bond acceptors (Lipinski definition) is 5. The van der Waals surface area contributed by atoms with Crippen molar-refractivity contribution in [3.63, 3.8) is 0 Å². The number of rotatable bonds is 6. The first kappa shape index (κ1) is 11.8. The van der Waals surface area contributed by atoms with Crippen LogP contribution in [-0.4, -0.2) is 27.7 Å². The highest BCUT2D eigenvalue weighted by molar-refractivity contribution is 8.00. The summed E-state index contributed by atoms with van der Waals surface area (Å²) in [5, 5.41) is 12.0. The summed E-state index contributed by atoms with van der Waals surface area (Å²) in [5.74, 6) is 0. The van der Waals surface area contributed by atoms with Crippen molar-refractivity contribution in [3.05, 3.63) is 5.51 Å². The summed E-state index contributed by atoms with van der Waals surface area (Å²) in [6.07, 6.45) is 4.53. The van der Waals surface area contributed by atoms with Crippen LogP contribution in [0.5, 0.6) is 0 Å². The second kappa shape index (κ2) is 5.56. The lowest BCUT2D eigenvalue weighted by molar-refractivity contribution is 0.574. The topological polar surface area (TPSA) is 37.8 Å². The second-order valence-corrected chi connectivity index (χ2v) is 5.30. The van der Waals surface area contributed by atoms with Crippen LogP contribution in [0.1, 0.15) is 26.7 Å². The zero-order chi connectivity index (χ0) is 10.4. The molecule has 0 fully saturated rings. The molecule has 0 aliphatic heterocycles. The molecule has 0 radical (unpaired) electrons. The lowest BCUT2D eigenvalue weighted by Crippen LogP contribution is -2.31. The summed E-state index contributed by atoms with van der Waals surface area (Å²) in [5.41, 5.74) is 1.75. The molecule has 0 saturated heterocycles. The molecule has 1 N–H and O–H groups in total. The lowest BCUT2D eigenvalue weighted by atomic mass is 10.0. The lowest BCUT2D eigenvalue weighted by Gasteiger charge is -2.29. The van der Waals surface area contributed by atoms with Gasteiger partial charge in [0.05, 0.1) is 0 Å². The van der Waals surface area contributed by atoms with Crippen molar-refractivity contribution in [3.8, 4) is 0 Å². The van der Waals surface area contributed by atoms with Gasteiger partial charge in [0.15, 0.2) is 0 Å². The molecule has 1 aromatic rings. The Morgan fingerprint density at radius 1 is 1.50 bits per heavy atom. The Morgan fingerprint density at radius 2 is 2.21 bits per heavy atom. The molecule has 80 valence electrons. The average Bonchev–Trinajstić information content (AvgIpc) is 2.74. The highest BCUT2D eigenvalue weighted by Gasteiger charge is 2.24. The van der Waals surface area contributed by atoms with E-state index >= 15 is 0 Å². The van der Waals surface area contributed by atoms with Gasteiger partial charge in [-0.15, -0.1) is 10.2 Å². The predicted octanol–water partition coefficient (Wildman–Crippen LogP) is 2.87.